The van der Waals surface area contributed by atoms with Crippen LogP contribution in [-0.4, -0.2) is 18.6 Å². The molecule has 0 aliphatic carbocycles. The molecule has 0 radical (unpaired) electrons. The van der Waals surface area contributed by atoms with E-state index in [4.69, 9.17) is 4.74 Å². The Labute approximate surface area is 71.2 Å². The maximum absolute atomic E-state index is 9.35. The number of anilines is 1. The van der Waals surface area contributed by atoms with Crippen molar-refractivity contribution < 1.29 is 9.84 Å². The van der Waals surface area contributed by atoms with Crippen molar-refractivity contribution >= 4 is 5.69 Å². The topological polar surface area (TPSA) is 32.7 Å². The highest BCUT2D eigenvalue weighted by atomic mass is 16.6. The van der Waals surface area contributed by atoms with Crippen LogP contribution in [0.5, 0.6) is 5.75 Å². The van der Waals surface area contributed by atoms with Crippen LogP contribution in [0.15, 0.2) is 18.2 Å². The van der Waals surface area contributed by atoms with Crippen LogP contribution in [0.3, 0.4) is 0 Å². The minimum atomic E-state index is -0.832. The minimum Gasteiger partial charge on any atom is -0.445 e. The monoisotopic (exact) mass is 165 g/mol. The SMILES string of the molecule is Cc1cccc2c1N(C)C(O)O2. The van der Waals surface area contributed by atoms with Gasteiger partial charge in [0.25, 0.3) is 6.41 Å². The number of fused-ring (bicyclic) bond motifs is 1. The Morgan fingerprint density at radius 2 is 2.25 bits per heavy atom. The van der Waals surface area contributed by atoms with E-state index >= 15 is 0 Å². The highest BCUT2D eigenvalue weighted by Crippen LogP contribution is 2.37. The van der Waals surface area contributed by atoms with Gasteiger partial charge in [0.2, 0.25) is 0 Å². The van der Waals surface area contributed by atoms with Gasteiger partial charge in [-0.3, -0.25) is 0 Å². The maximum Gasteiger partial charge on any atom is 0.281 e. The van der Waals surface area contributed by atoms with E-state index < -0.39 is 6.41 Å². The normalized spacial score (nSPS) is 20.6. The quantitative estimate of drug-likeness (QED) is 0.624. The average molecular weight is 165 g/mol. The molecule has 0 saturated heterocycles. The van der Waals surface area contributed by atoms with E-state index in [1.807, 2.05) is 32.2 Å². The van der Waals surface area contributed by atoms with Crippen molar-refractivity contribution in [3.8, 4) is 5.75 Å². The van der Waals surface area contributed by atoms with Crippen LogP contribution in [0.2, 0.25) is 0 Å². The summed E-state index contributed by atoms with van der Waals surface area (Å²) in [6.45, 7) is 2.00. The summed E-state index contributed by atoms with van der Waals surface area (Å²) in [6, 6.07) is 5.77. The van der Waals surface area contributed by atoms with Gasteiger partial charge in [-0.15, -0.1) is 0 Å². The lowest BCUT2D eigenvalue weighted by Gasteiger charge is -2.14. The lowest BCUT2D eigenvalue weighted by molar-refractivity contribution is 0.000974. The Balaban J connectivity index is 2.55. The summed E-state index contributed by atoms with van der Waals surface area (Å²) in [7, 11) is 1.81. The number of aliphatic hydroxyl groups excluding tert-OH is 1. The van der Waals surface area contributed by atoms with Gasteiger partial charge in [0.1, 0.15) is 5.75 Å². The molecule has 0 saturated carbocycles. The highest BCUT2D eigenvalue weighted by Gasteiger charge is 2.26. The molecule has 2 rings (SSSR count). The lowest BCUT2D eigenvalue weighted by Crippen LogP contribution is -2.30. The Kier molecular flexibility index (Phi) is 1.48. The fourth-order valence-corrected chi connectivity index (χ4v) is 1.48. The molecule has 1 heterocycles. The van der Waals surface area contributed by atoms with Crippen molar-refractivity contribution in [1.29, 1.82) is 0 Å². The molecule has 0 bridgehead atoms. The fraction of sp³-hybridized carbons (Fsp3) is 0.333. The van der Waals surface area contributed by atoms with Gasteiger partial charge in [0, 0.05) is 7.05 Å². The first-order valence-corrected chi connectivity index (χ1v) is 3.87. The van der Waals surface area contributed by atoms with Crippen molar-refractivity contribution in [3.05, 3.63) is 23.8 Å². The largest absolute Gasteiger partial charge is 0.445 e. The molecule has 1 aromatic rings. The molecule has 1 aliphatic heterocycles. The van der Waals surface area contributed by atoms with Crippen molar-refractivity contribution in [2.24, 2.45) is 0 Å². The van der Waals surface area contributed by atoms with Gasteiger partial charge in [-0.25, -0.2) is 0 Å². The number of aliphatic hydroxyl groups is 1. The summed E-state index contributed by atoms with van der Waals surface area (Å²) in [5, 5.41) is 9.35. The van der Waals surface area contributed by atoms with E-state index in [9.17, 15) is 5.11 Å². The molecule has 3 nitrogen and oxygen atoms in total. The molecule has 1 unspecified atom stereocenters. The predicted octanol–water partition coefficient (Wildman–Crippen LogP) is 1.10. The summed E-state index contributed by atoms with van der Waals surface area (Å²) < 4.78 is 5.18. The lowest BCUT2D eigenvalue weighted by atomic mass is 10.2. The highest BCUT2D eigenvalue weighted by molar-refractivity contribution is 5.65. The average Bonchev–Trinajstić information content (AvgIpc) is 2.29. The fourth-order valence-electron chi connectivity index (χ4n) is 1.48. The standard InChI is InChI=1S/C9H11NO2/c1-6-4-3-5-7-8(6)10(2)9(11)12-7/h3-5,9,11H,1-2H3. The first-order valence-electron chi connectivity index (χ1n) is 3.87. The number of ether oxygens (including phenoxy) is 1. The minimum absolute atomic E-state index is 0.755. The van der Waals surface area contributed by atoms with Crippen LogP contribution < -0.4 is 9.64 Å². The molecular formula is C9H11NO2. The summed E-state index contributed by atoms with van der Waals surface area (Å²) in [6.07, 6.45) is -0.832. The third-order valence-corrected chi connectivity index (χ3v) is 2.12. The van der Waals surface area contributed by atoms with Gasteiger partial charge < -0.3 is 14.7 Å². The summed E-state index contributed by atoms with van der Waals surface area (Å²) in [5.74, 6) is 0.755. The predicted molar refractivity (Wildman–Crippen MR) is 46.2 cm³/mol. The number of rotatable bonds is 0. The molecule has 0 fully saturated rings. The molecule has 0 spiro atoms. The number of nitrogens with zero attached hydrogens (tertiary/aromatic N) is 1. The number of benzene rings is 1. The Morgan fingerprint density at radius 1 is 1.50 bits per heavy atom. The van der Waals surface area contributed by atoms with Crippen molar-refractivity contribution in [1.82, 2.24) is 0 Å². The second-order valence-electron chi connectivity index (χ2n) is 2.98. The van der Waals surface area contributed by atoms with E-state index in [0.717, 1.165) is 17.0 Å². The molecule has 0 aromatic heterocycles. The van der Waals surface area contributed by atoms with Crippen LogP contribution in [0.25, 0.3) is 0 Å². The van der Waals surface area contributed by atoms with Gasteiger partial charge in [0.15, 0.2) is 0 Å². The summed E-state index contributed by atoms with van der Waals surface area (Å²) in [5.41, 5.74) is 2.09. The zero-order valence-electron chi connectivity index (χ0n) is 7.11. The molecule has 1 aromatic carbocycles. The summed E-state index contributed by atoms with van der Waals surface area (Å²) in [4.78, 5) is 1.71. The van der Waals surface area contributed by atoms with Crippen LogP contribution in [0, 0.1) is 6.92 Å². The van der Waals surface area contributed by atoms with E-state index in [0.29, 0.717) is 0 Å². The van der Waals surface area contributed by atoms with Crippen molar-refractivity contribution in [3.63, 3.8) is 0 Å². The Hall–Kier alpha value is -1.22. The molecule has 3 heteroatoms. The third kappa shape index (κ3) is 0.865. The van der Waals surface area contributed by atoms with Gasteiger partial charge in [-0.05, 0) is 18.6 Å². The molecule has 64 valence electrons. The van der Waals surface area contributed by atoms with Crippen LogP contribution in [0.1, 0.15) is 5.56 Å². The Bertz CT molecular complexity index is 311. The van der Waals surface area contributed by atoms with Crippen LogP contribution in [-0.2, 0) is 0 Å². The second kappa shape index (κ2) is 2.38. The van der Waals surface area contributed by atoms with Gasteiger partial charge in [0.05, 0.1) is 5.69 Å². The number of para-hydroxylation sites is 1. The van der Waals surface area contributed by atoms with Crippen molar-refractivity contribution in [2.75, 3.05) is 11.9 Å². The van der Waals surface area contributed by atoms with Crippen LogP contribution in [0.4, 0.5) is 5.69 Å². The van der Waals surface area contributed by atoms with Crippen LogP contribution >= 0.6 is 0 Å². The smallest absolute Gasteiger partial charge is 0.281 e. The van der Waals surface area contributed by atoms with Gasteiger partial charge in [-0.2, -0.15) is 0 Å². The zero-order valence-corrected chi connectivity index (χ0v) is 7.11. The third-order valence-electron chi connectivity index (χ3n) is 2.12. The number of hydrogen-bond acceptors (Lipinski definition) is 3. The van der Waals surface area contributed by atoms with E-state index in [2.05, 4.69) is 0 Å². The summed E-state index contributed by atoms with van der Waals surface area (Å²) >= 11 is 0. The number of hydrogen-bond donors (Lipinski definition) is 1. The first-order chi connectivity index (χ1) is 5.70. The van der Waals surface area contributed by atoms with Gasteiger partial charge in [-0.1, -0.05) is 12.1 Å². The molecule has 0 amide bonds. The number of aryl methyl sites for hydroxylation is 1. The first kappa shape index (κ1) is 7.43. The van der Waals surface area contributed by atoms with E-state index in [1.165, 1.54) is 0 Å². The molecular weight excluding hydrogens is 154 g/mol. The van der Waals surface area contributed by atoms with Crippen molar-refractivity contribution in [2.45, 2.75) is 13.3 Å². The van der Waals surface area contributed by atoms with E-state index in [-0.39, 0.29) is 0 Å². The molecule has 1 N–H and O–H groups in total. The Morgan fingerprint density at radius 3 is 2.92 bits per heavy atom. The van der Waals surface area contributed by atoms with E-state index in [1.54, 1.807) is 4.90 Å². The maximum atomic E-state index is 9.35. The molecule has 1 aliphatic rings. The molecule has 12 heavy (non-hydrogen) atoms. The zero-order chi connectivity index (χ0) is 8.72. The van der Waals surface area contributed by atoms with Gasteiger partial charge >= 0.3 is 0 Å². The second-order valence-corrected chi connectivity index (χ2v) is 2.98. The molecule has 1 atom stereocenters.